The van der Waals surface area contributed by atoms with Crippen molar-refractivity contribution in [1.29, 1.82) is 0 Å². The lowest BCUT2D eigenvalue weighted by Gasteiger charge is -2.54. The van der Waals surface area contributed by atoms with E-state index in [1.807, 2.05) is 0 Å². The van der Waals surface area contributed by atoms with E-state index in [-0.39, 0.29) is 28.6 Å². The van der Waals surface area contributed by atoms with Gasteiger partial charge >= 0.3 is 0 Å². The number of aromatic nitrogens is 1. The molecule has 60 heavy (non-hydrogen) atoms. The fraction of sp³-hybridized carbons (Fsp3) is 0.250. The van der Waals surface area contributed by atoms with E-state index >= 15 is 0 Å². The van der Waals surface area contributed by atoms with Gasteiger partial charge in [0.2, 0.25) is 0 Å². The third-order valence-corrected chi connectivity index (χ3v) is 17.1. The molecule has 4 aliphatic heterocycles. The van der Waals surface area contributed by atoms with E-state index in [4.69, 9.17) is 0 Å². The van der Waals surface area contributed by atoms with Crippen LogP contribution in [0.25, 0.3) is 27.5 Å². The molecule has 2 aliphatic carbocycles. The standard InChI is InChI=1S/C56H48BN3/c1-53-31-13-15-33-55(53,37-19-5-3-6-20-37)42-25-10-12-30-47(42)59(53)39-35-48-50-49(36-39)60-52-43(56(38-21-7-4-8-22-38)34-16-14-32-54(56,60)2)26-18-28-45(52)57(50)44-27-17-24-41-40-23-9-11-29-46(40)58(48)51(41)44/h3-12,17-30,35-36H,13-16,31-34H2,1-2H3. The van der Waals surface area contributed by atoms with Crippen LogP contribution in [0.1, 0.15) is 87.5 Å². The maximum atomic E-state index is 2.93. The lowest BCUT2D eigenvalue weighted by atomic mass is 9.33. The summed E-state index contributed by atoms with van der Waals surface area (Å²) in [6.07, 6.45) is 9.53. The fourth-order valence-corrected chi connectivity index (χ4v) is 15.0. The molecule has 0 radical (unpaired) electrons. The molecule has 0 spiro atoms. The van der Waals surface area contributed by atoms with Crippen molar-refractivity contribution in [2.75, 3.05) is 9.80 Å². The van der Waals surface area contributed by atoms with Gasteiger partial charge in [-0.25, -0.2) is 0 Å². The quantitative estimate of drug-likeness (QED) is 0.166. The highest BCUT2D eigenvalue weighted by atomic mass is 15.3. The van der Waals surface area contributed by atoms with E-state index in [1.54, 1.807) is 0 Å². The maximum Gasteiger partial charge on any atom is 0.252 e. The van der Waals surface area contributed by atoms with Gasteiger partial charge in [-0.3, -0.25) is 0 Å². The van der Waals surface area contributed by atoms with Crippen LogP contribution >= 0.6 is 0 Å². The van der Waals surface area contributed by atoms with Gasteiger partial charge in [0.25, 0.3) is 6.71 Å². The number of fused-ring (bicyclic) bond motifs is 13. The van der Waals surface area contributed by atoms with Crippen LogP contribution in [0.2, 0.25) is 0 Å². The van der Waals surface area contributed by atoms with Crippen LogP contribution < -0.4 is 26.2 Å². The number of para-hydroxylation sites is 4. The van der Waals surface area contributed by atoms with E-state index < -0.39 is 0 Å². The lowest BCUT2D eigenvalue weighted by Crippen LogP contribution is -2.64. The van der Waals surface area contributed by atoms with Crippen molar-refractivity contribution in [3.8, 4) is 5.69 Å². The molecule has 3 nitrogen and oxygen atoms in total. The molecular formula is C56H48BN3. The lowest BCUT2D eigenvalue weighted by molar-refractivity contribution is 0.214. The van der Waals surface area contributed by atoms with Crippen molar-refractivity contribution >= 4 is 67.7 Å². The Morgan fingerprint density at radius 2 is 1.03 bits per heavy atom. The van der Waals surface area contributed by atoms with Crippen LogP contribution in [-0.4, -0.2) is 22.4 Å². The smallest absolute Gasteiger partial charge is 0.252 e. The molecule has 4 unspecified atom stereocenters. The summed E-state index contributed by atoms with van der Waals surface area (Å²) in [7, 11) is 0. The minimum Gasteiger partial charge on any atom is -0.335 e. The number of anilines is 4. The van der Waals surface area contributed by atoms with Crippen LogP contribution in [0.5, 0.6) is 0 Å². The van der Waals surface area contributed by atoms with Crippen molar-refractivity contribution in [2.24, 2.45) is 0 Å². The van der Waals surface area contributed by atoms with Gasteiger partial charge in [0.1, 0.15) is 0 Å². The molecular weight excluding hydrogens is 725 g/mol. The Morgan fingerprint density at radius 1 is 0.467 bits per heavy atom. The summed E-state index contributed by atoms with van der Waals surface area (Å²) in [5.41, 5.74) is 19.3. The number of benzene rings is 7. The van der Waals surface area contributed by atoms with Gasteiger partial charge in [0, 0.05) is 55.6 Å². The predicted octanol–water partition coefficient (Wildman–Crippen LogP) is 11.5. The third-order valence-electron chi connectivity index (χ3n) is 17.1. The first kappa shape index (κ1) is 33.8. The molecule has 4 heteroatoms. The summed E-state index contributed by atoms with van der Waals surface area (Å²) in [6, 6.07) is 61.6. The van der Waals surface area contributed by atoms with Crippen LogP contribution in [0.3, 0.4) is 0 Å². The third kappa shape index (κ3) is 3.67. The maximum absolute atomic E-state index is 2.93. The highest BCUT2D eigenvalue weighted by Crippen LogP contribution is 2.66. The molecule has 0 N–H and O–H groups in total. The molecule has 5 heterocycles. The summed E-state index contributed by atoms with van der Waals surface area (Å²) >= 11 is 0. The molecule has 6 aliphatic rings. The molecule has 0 amide bonds. The molecule has 14 rings (SSSR count). The van der Waals surface area contributed by atoms with Crippen molar-refractivity contribution in [3.05, 3.63) is 180 Å². The second-order valence-corrected chi connectivity index (χ2v) is 19.4. The van der Waals surface area contributed by atoms with Gasteiger partial charge in [-0.15, -0.1) is 0 Å². The molecule has 2 fully saturated rings. The van der Waals surface area contributed by atoms with E-state index in [2.05, 4.69) is 186 Å². The number of hydrogen-bond donors (Lipinski definition) is 0. The second kappa shape index (κ2) is 11.4. The zero-order valence-electron chi connectivity index (χ0n) is 34.6. The van der Waals surface area contributed by atoms with Crippen LogP contribution in [0.4, 0.5) is 22.7 Å². The van der Waals surface area contributed by atoms with Crippen molar-refractivity contribution in [3.63, 3.8) is 0 Å². The van der Waals surface area contributed by atoms with Crippen molar-refractivity contribution in [2.45, 2.75) is 87.1 Å². The Balaban J connectivity index is 1.13. The molecule has 0 saturated heterocycles. The Labute approximate surface area is 353 Å². The van der Waals surface area contributed by atoms with Crippen LogP contribution in [-0.2, 0) is 10.8 Å². The van der Waals surface area contributed by atoms with Gasteiger partial charge in [0.15, 0.2) is 0 Å². The minimum absolute atomic E-state index is 0.121. The Morgan fingerprint density at radius 3 is 1.80 bits per heavy atom. The molecule has 7 aromatic carbocycles. The minimum atomic E-state index is -0.164. The number of rotatable bonds is 3. The van der Waals surface area contributed by atoms with Gasteiger partial charge in [-0.2, -0.15) is 0 Å². The van der Waals surface area contributed by atoms with E-state index in [0.29, 0.717) is 0 Å². The van der Waals surface area contributed by atoms with E-state index in [9.17, 15) is 0 Å². The first-order valence-electron chi connectivity index (χ1n) is 22.7. The first-order valence-corrected chi connectivity index (χ1v) is 22.7. The highest BCUT2D eigenvalue weighted by Gasteiger charge is 2.65. The van der Waals surface area contributed by atoms with Crippen molar-refractivity contribution in [1.82, 2.24) is 4.57 Å². The monoisotopic (exact) mass is 773 g/mol. The fourth-order valence-electron chi connectivity index (χ4n) is 15.0. The van der Waals surface area contributed by atoms with Gasteiger partial charge in [0.05, 0.1) is 16.6 Å². The molecule has 4 atom stereocenters. The Hall–Kier alpha value is -6.00. The van der Waals surface area contributed by atoms with Gasteiger partial charge < -0.3 is 14.4 Å². The highest BCUT2D eigenvalue weighted by molar-refractivity contribution is 7.00. The Kier molecular flexibility index (Phi) is 6.44. The number of hydrogen-bond acceptors (Lipinski definition) is 2. The Bertz CT molecular complexity index is 3130. The van der Waals surface area contributed by atoms with Crippen LogP contribution in [0.15, 0.2) is 158 Å². The summed E-state index contributed by atoms with van der Waals surface area (Å²) < 4.78 is 2.67. The van der Waals surface area contributed by atoms with E-state index in [1.165, 1.54) is 115 Å². The second-order valence-electron chi connectivity index (χ2n) is 19.4. The average molecular weight is 774 g/mol. The summed E-state index contributed by atoms with van der Waals surface area (Å²) in [5, 5.41) is 2.69. The normalized spacial score (nSPS) is 26.5. The zero-order valence-corrected chi connectivity index (χ0v) is 34.6. The van der Waals surface area contributed by atoms with E-state index in [0.717, 1.165) is 25.7 Å². The van der Waals surface area contributed by atoms with Crippen LogP contribution in [0, 0.1) is 0 Å². The summed E-state index contributed by atoms with van der Waals surface area (Å²) in [5.74, 6) is 0. The topological polar surface area (TPSA) is 11.4 Å². The molecule has 290 valence electrons. The summed E-state index contributed by atoms with van der Waals surface area (Å²) in [6.45, 7) is 5.38. The molecule has 1 aromatic heterocycles. The summed E-state index contributed by atoms with van der Waals surface area (Å²) in [4.78, 5) is 5.77. The largest absolute Gasteiger partial charge is 0.335 e. The van der Waals surface area contributed by atoms with Crippen molar-refractivity contribution < 1.29 is 0 Å². The predicted molar refractivity (Wildman–Crippen MR) is 251 cm³/mol. The molecule has 2 saturated carbocycles. The molecule has 8 aromatic rings. The SMILES string of the molecule is CC12CCCCC1(c1ccccc1)c1ccccc1N2c1cc2c3c(c1)-n1c4ccccc4c4cccc(c41)B3c1cccc3c1N2C1(C)CCCCC31c1ccccc1. The zero-order chi connectivity index (χ0) is 39.6. The first-order chi connectivity index (χ1) is 29.5. The number of nitrogens with zero attached hydrogens (tertiary/aromatic N) is 3. The molecule has 0 bridgehead atoms. The van der Waals surface area contributed by atoms with Gasteiger partial charge in [-0.05, 0) is 102 Å². The average Bonchev–Trinajstić information content (AvgIpc) is 3.86. The van der Waals surface area contributed by atoms with Gasteiger partial charge in [-0.1, -0.05) is 159 Å².